The summed E-state index contributed by atoms with van der Waals surface area (Å²) in [7, 11) is 1.68. The van der Waals surface area contributed by atoms with Crippen molar-refractivity contribution in [3.05, 3.63) is 0 Å². The number of methoxy groups -OCH3 is 1. The lowest BCUT2D eigenvalue weighted by atomic mass is 9.99. The van der Waals surface area contributed by atoms with Gasteiger partial charge in [-0.05, 0) is 12.3 Å². The summed E-state index contributed by atoms with van der Waals surface area (Å²) in [5, 5.41) is 9.00. The fourth-order valence-electron chi connectivity index (χ4n) is 2.17. The molecule has 1 heterocycles. The maximum absolute atomic E-state index is 10.9. The summed E-state index contributed by atoms with van der Waals surface area (Å²) in [6.45, 7) is 6.43. The fraction of sp³-hybridized carbons (Fsp3) is 0.917. The third-order valence-corrected chi connectivity index (χ3v) is 3.19. The van der Waals surface area contributed by atoms with E-state index >= 15 is 0 Å². The molecule has 1 rings (SSSR count). The van der Waals surface area contributed by atoms with Crippen molar-refractivity contribution in [3.63, 3.8) is 0 Å². The molecule has 0 aliphatic carbocycles. The first-order chi connectivity index (χ1) is 8.15. The van der Waals surface area contributed by atoms with Gasteiger partial charge in [0.2, 0.25) is 0 Å². The maximum atomic E-state index is 10.9. The van der Waals surface area contributed by atoms with Gasteiger partial charge < -0.3 is 14.6 Å². The predicted octanol–water partition coefficient (Wildman–Crippen LogP) is 0.692. The van der Waals surface area contributed by atoms with Crippen LogP contribution in [0, 0.1) is 11.8 Å². The van der Waals surface area contributed by atoms with Gasteiger partial charge in [0.1, 0.15) is 0 Å². The second-order valence-electron chi connectivity index (χ2n) is 4.64. The topological polar surface area (TPSA) is 59.0 Å². The van der Waals surface area contributed by atoms with Gasteiger partial charge in [-0.2, -0.15) is 0 Å². The van der Waals surface area contributed by atoms with E-state index in [9.17, 15) is 4.79 Å². The minimum Gasteiger partial charge on any atom is -0.481 e. The molecular formula is C12H23NO4. The zero-order valence-corrected chi connectivity index (χ0v) is 10.7. The molecule has 1 aliphatic heterocycles. The molecule has 2 unspecified atom stereocenters. The van der Waals surface area contributed by atoms with Gasteiger partial charge in [0, 0.05) is 40.0 Å². The second-order valence-corrected chi connectivity index (χ2v) is 4.64. The number of hydrogen-bond donors (Lipinski definition) is 1. The monoisotopic (exact) mass is 245 g/mol. The predicted molar refractivity (Wildman–Crippen MR) is 64.0 cm³/mol. The molecule has 2 atom stereocenters. The van der Waals surface area contributed by atoms with E-state index in [0.29, 0.717) is 19.8 Å². The molecule has 0 spiro atoms. The number of carboxylic acids is 1. The van der Waals surface area contributed by atoms with Crippen LogP contribution in [0.3, 0.4) is 0 Å². The lowest BCUT2D eigenvalue weighted by Gasteiger charge is -2.14. The van der Waals surface area contributed by atoms with Crippen molar-refractivity contribution in [1.29, 1.82) is 0 Å². The molecule has 1 fully saturated rings. The molecule has 5 heteroatoms. The van der Waals surface area contributed by atoms with Crippen molar-refractivity contribution in [2.45, 2.75) is 13.3 Å². The highest BCUT2D eigenvalue weighted by Crippen LogP contribution is 2.22. The Morgan fingerprint density at radius 2 is 2.12 bits per heavy atom. The van der Waals surface area contributed by atoms with Gasteiger partial charge in [0.25, 0.3) is 0 Å². The number of hydrogen-bond acceptors (Lipinski definition) is 4. The summed E-state index contributed by atoms with van der Waals surface area (Å²) in [5.74, 6) is -0.662. The summed E-state index contributed by atoms with van der Waals surface area (Å²) in [5.41, 5.74) is 0. The first-order valence-electron chi connectivity index (χ1n) is 6.17. The van der Waals surface area contributed by atoms with E-state index in [1.54, 1.807) is 7.11 Å². The van der Waals surface area contributed by atoms with Crippen molar-refractivity contribution in [2.75, 3.05) is 46.6 Å². The standard InChI is InChI=1S/C12H23NO4/c1-10-8-13(9-11(10)12(14)15)4-7-17-6-3-5-16-2/h10-11H,3-9H2,1-2H3,(H,14,15). The van der Waals surface area contributed by atoms with Crippen LogP contribution >= 0.6 is 0 Å². The van der Waals surface area contributed by atoms with Crippen LogP contribution in [-0.4, -0.2) is 62.5 Å². The van der Waals surface area contributed by atoms with Gasteiger partial charge in [-0.25, -0.2) is 0 Å². The van der Waals surface area contributed by atoms with Crippen molar-refractivity contribution >= 4 is 5.97 Å². The van der Waals surface area contributed by atoms with Crippen molar-refractivity contribution in [3.8, 4) is 0 Å². The summed E-state index contributed by atoms with van der Waals surface area (Å²) in [4.78, 5) is 13.1. The van der Waals surface area contributed by atoms with Crippen LogP contribution in [0.1, 0.15) is 13.3 Å². The Balaban J connectivity index is 2.07. The van der Waals surface area contributed by atoms with E-state index in [-0.39, 0.29) is 11.8 Å². The smallest absolute Gasteiger partial charge is 0.308 e. The first-order valence-corrected chi connectivity index (χ1v) is 6.17. The van der Waals surface area contributed by atoms with E-state index in [4.69, 9.17) is 14.6 Å². The van der Waals surface area contributed by atoms with Crippen molar-refractivity contribution in [2.24, 2.45) is 11.8 Å². The van der Waals surface area contributed by atoms with Crippen LogP contribution in [0.2, 0.25) is 0 Å². The van der Waals surface area contributed by atoms with E-state index in [0.717, 1.165) is 26.1 Å². The molecule has 0 saturated carbocycles. The van der Waals surface area contributed by atoms with E-state index < -0.39 is 5.97 Å². The van der Waals surface area contributed by atoms with Gasteiger partial charge in [-0.3, -0.25) is 9.69 Å². The Kier molecular flexibility index (Phi) is 6.47. The number of rotatable bonds is 8. The van der Waals surface area contributed by atoms with Gasteiger partial charge in [0.05, 0.1) is 12.5 Å². The molecule has 5 nitrogen and oxygen atoms in total. The Labute approximate surface area is 103 Å². The Hall–Kier alpha value is -0.650. The summed E-state index contributed by atoms with van der Waals surface area (Å²) < 4.78 is 10.4. The highest BCUT2D eigenvalue weighted by molar-refractivity contribution is 5.71. The van der Waals surface area contributed by atoms with E-state index in [2.05, 4.69) is 4.90 Å². The van der Waals surface area contributed by atoms with Gasteiger partial charge in [0.15, 0.2) is 0 Å². The lowest BCUT2D eigenvalue weighted by Crippen LogP contribution is -2.27. The molecule has 1 aliphatic rings. The molecule has 0 amide bonds. The molecule has 0 bridgehead atoms. The largest absolute Gasteiger partial charge is 0.481 e. The van der Waals surface area contributed by atoms with Crippen molar-refractivity contribution in [1.82, 2.24) is 4.90 Å². The van der Waals surface area contributed by atoms with Gasteiger partial charge in [-0.1, -0.05) is 6.92 Å². The quantitative estimate of drug-likeness (QED) is 0.638. The minimum absolute atomic E-state index is 0.219. The molecule has 17 heavy (non-hydrogen) atoms. The lowest BCUT2D eigenvalue weighted by molar-refractivity contribution is -0.142. The third kappa shape index (κ3) is 5.02. The third-order valence-electron chi connectivity index (χ3n) is 3.19. The van der Waals surface area contributed by atoms with E-state index in [1.165, 1.54) is 0 Å². The number of carboxylic acid groups (broad SMARTS) is 1. The van der Waals surface area contributed by atoms with E-state index in [1.807, 2.05) is 6.92 Å². The Morgan fingerprint density at radius 3 is 2.71 bits per heavy atom. The molecule has 1 N–H and O–H groups in total. The zero-order chi connectivity index (χ0) is 12.7. The number of nitrogens with zero attached hydrogens (tertiary/aromatic N) is 1. The first kappa shape index (κ1) is 14.4. The highest BCUT2D eigenvalue weighted by atomic mass is 16.5. The fourth-order valence-corrected chi connectivity index (χ4v) is 2.17. The van der Waals surface area contributed by atoms with Crippen LogP contribution in [0.25, 0.3) is 0 Å². The molecule has 100 valence electrons. The van der Waals surface area contributed by atoms with Gasteiger partial charge >= 0.3 is 5.97 Å². The van der Waals surface area contributed by atoms with Crippen LogP contribution in [-0.2, 0) is 14.3 Å². The zero-order valence-electron chi connectivity index (χ0n) is 10.7. The van der Waals surface area contributed by atoms with Crippen LogP contribution in [0.5, 0.6) is 0 Å². The Bertz CT molecular complexity index is 235. The normalized spacial score (nSPS) is 25.3. The minimum atomic E-state index is -0.680. The average Bonchev–Trinajstić information content (AvgIpc) is 2.65. The summed E-state index contributed by atoms with van der Waals surface area (Å²) in [6, 6.07) is 0. The summed E-state index contributed by atoms with van der Waals surface area (Å²) >= 11 is 0. The molecule has 0 aromatic carbocycles. The van der Waals surface area contributed by atoms with Crippen LogP contribution < -0.4 is 0 Å². The van der Waals surface area contributed by atoms with Crippen molar-refractivity contribution < 1.29 is 19.4 Å². The van der Waals surface area contributed by atoms with Crippen LogP contribution in [0.4, 0.5) is 0 Å². The molecular weight excluding hydrogens is 222 g/mol. The molecule has 0 aromatic rings. The second kappa shape index (κ2) is 7.63. The average molecular weight is 245 g/mol. The number of ether oxygens (including phenoxy) is 2. The van der Waals surface area contributed by atoms with Crippen LogP contribution in [0.15, 0.2) is 0 Å². The molecule has 1 saturated heterocycles. The molecule has 0 aromatic heterocycles. The number of likely N-dealkylation sites (tertiary alicyclic amines) is 1. The number of aliphatic carboxylic acids is 1. The number of carbonyl (C=O) groups is 1. The van der Waals surface area contributed by atoms with Gasteiger partial charge in [-0.15, -0.1) is 0 Å². The highest BCUT2D eigenvalue weighted by Gasteiger charge is 2.34. The summed E-state index contributed by atoms with van der Waals surface area (Å²) in [6.07, 6.45) is 0.907. The maximum Gasteiger partial charge on any atom is 0.308 e. The molecule has 0 radical (unpaired) electrons. The SMILES string of the molecule is COCCCOCCN1CC(C)C(C(=O)O)C1. The Morgan fingerprint density at radius 1 is 1.35 bits per heavy atom.